The zero-order chi connectivity index (χ0) is 22.2. The van der Waals surface area contributed by atoms with E-state index >= 15 is 0 Å². The molecule has 0 aromatic carbocycles. The molecule has 1 atom stereocenters. The second-order valence-corrected chi connectivity index (χ2v) is 10.2. The van der Waals surface area contributed by atoms with Crippen LogP contribution < -0.4 is 0 Å². The number of quaternary nitrogens is 1. The highest BCUT2D eigenvalue weighted by atomic mass is 32.2. The molecule has 0 saturated heterocycles. The second kappa shape index (κ2) is 15.9. The molecule has 0 aromatic heterocycles. The Balaban J connectivity index is 4.18. The summed E-state index contributed by atoms with van der Waals surface area (Å²) in [5, 5.41) is 0. The Kier molecular flexibility index (Phi) is 16.0. The van der Waals surface area contributed by atoms with Crippen molar-refractivity contribution in [2.45, 2.75) is 104 Å². The van der Waals surface area contributed by atoms with E-state index in [4.69, 9.17) is 17.8 Å². The van der Waals surface area contributed by atoms with E-state index in [0.717, 1.165) is 38.0 Å². The minimum atomic E-state index is -0.560. The van der Waals surface area contributed by atoms with Crippen LogP contribution in [0.4, 0.5) is 0 Å². The molecule has 0 aliphatic carbocycles. The van der Waals surface area contributed by atoms with Crippen molar-refractivity contribution in [1.29, 1.82) is 0 Å². The summed E-state index contributed by atoms with van der Waals surface area (Å²) in [5.74, 6) is -0.560. The minimum Gasteiger partial charge on any atom is -0.351 e. The van der Waals surface area contributed by atoms with Crippen molar-refractivity contribution in [2.75, 3.05) is 47.0 Å². The molecule has 0 aliphatic heterocycles. The number of hydrogen-bond acceptors (Lipinski definition) is 5. The maximum Gasteiger partial charge on any atom is 0.163 e. The number of nitrogens with zero attached hydrogens (tertiary/aromatic N) is 1. The van der Waals surface area contributed by atoms with Crippen LogP contribution in [0.3, 0.4) is 0 Å². The zero-order valence-corrected chi connectivity index (χ0v) is 21.5. The van der Waals surface area contributed by atoms with Crippen molar-refractivity contribution >= 4 is 12.3 Å². The Hall–Kier alpha value is 0.150. The molecule has 6 heteroatoms. The molecule has 0 aliphatic rings. The van der Waals surface area contributed by atoms with Crippen LogP contribution in [0.5, 0.6) is 0 Å². The average Bonchev–Trinajstić information content (AvgIpc) is 2.61. The normalized spacial score (nSPS) is 14.9. The molecule has 0 spiro atoms. The summed E-state index contributed by atoms with van der Waals surface area (Å²) < 4.78 is 23.6. The molecular weight excluding hydrogens is 386 g/mol. The van der Waals surface area contributed by atoms with E-state index in [-0.39, 0.29) is 5.60 Å². The van der Waals surface area contributed by atoms with E-state index in [2.05, 4.69) is 34.7 Å². The maximum atomic E-state index is 6.37. The fourth-order valence-corrected chi connectivity index (χ4v) is 4.17. The van der Waals surface area contributed by atoms with Crippen LogP contribution >= 0.6 is 12.3 Å². The molecule has 0 saturated carbocycles. The molecule has 0 bridgehead atoms. The summed E-state index contributed by atoms with van der Waals surface area (Å²) in [6, 6.07) is 0. The van der Waals surface area contributed by atoms with Gasteiger partial charge in [-0.3, -0.25) is 8.37 Å². The topological polar surface area (TPSA) is 36.9 Å². The third kappa shape index (κ3) is 16.5. The molecule has 0 N–H and O–H groups in total. The summed E-state index contributed by atoms with van der Waals surface area (Å²) >= 11 is 1.04. The van der Waals surface area contributed by atoms with E-state index in [0.29, 0.717) is 13.2 Å². The number of hydrogen-bond donors (Lipinski definition) is 0. The monoisotopic (exact) mass is 436 g/mol. The fraction of sp³-hybridized carbons (Fsp3) is 1.00. The smallest absolute Gasteiger partial charge is 0.163 e. The molecule has 29 heavy (non-hydrogen) atoms. The van der Waals surface area contributed by atoms with Crippen LogP contribution in [0.2, 0.25) is 0 Å². The van der Waals surface area contributed by atoms with Crippen LogP contribution in [0.1, 0.15) is 92.9 Å². The zero-order valence-electron chi connectivity index (χ0n) is 20.7. The molecule has 0 radical (unpaired) electrons. The molecule has 0 rings (SSSR count). The Bertz CT molecular complexity index is 393. The highest BCUT2D eigenvalue weighted by Gasteiger charge is 2.30. The van der Waals surface area contributed by atoms with Gasteiger partial charge in [-0.25, -0.2) is 0 Å². The third-order valence-corrected chi connectivity index (χ3v) is 5.65. The van der Waals surface area contributed by atoms with E-state index in [1.807, 2.05) is 13.8 Å². The largest absolute Gasteiger partial charge is 0.351 e. The van der Waals surface area contributed by atoms with Gasteiger partial charge < -0.3 is 14.0 Å². The minimum absolute atomic E-state index is 0.184. The molecule has 1 unspecified atom stereocenters. The van der Waals surface area contributed by atoms with Crippen molar-refractivity contribution in [3.63, 3.8) is 0 Å². The van der Waals surface area contributed by atoms with Crippen LogP contribution in [0, 0.1) is 0 Å². The van der Waals surface area contributed by atoms with Gasteiger partial charge in [-0.1, -0.05) is 20.3 Å². The number of rotatable bonds is 20. The summed E-state index contributed by atoms with van der Waals surface area (Å²) in [5.41, 5.74) is -0.184. The van der Waals surface area contributed by atoms with Crippen molar-refractivity contribution < 1.29 is 22.3 Å². The lowest BCUT2D eigenvalue weighted by Gasteiger charge is -2.38. The lowest BCUT2D eigenvalue weighted by molar-refractivity contribution is -0.910. The first-order valence-electron chi connectivity index (χ1n) is 11.6. The highest BCUT2D eigenvalue weighted by Crippen LogP contribution is 2.26. The van der Waals surface area contributed by atoms with Gasteiger partial charge in [0.2, 0.25) is 0 Å². The lowest BCUT2D eigenvalue weighted by Crippen LogP contribution is -2.47. The standard InChI is InChI=1S/C23H50NO4S/c1-9-11-18-24(7,17-10-2)19-15-16-22(3,4)28-23(5,6)26-20-13-12-14-21-27-29-25-8/h9-21H2,1-8H3/q+1. The summed E-state index contributed by atoms with van der Waals surface area (Å²) in [4.78, 5) is 0. The first-order chi connectivity index (χ1) is 13.6. The SMILES string of the molecule is CCCC[N+](C)(CCC)CCCC(C)(C)OC(C)(C)OCCCCCOSOC. The Morgan fingerprint density at radius 2 is 1.45 bits per heavy atom. The van der Waals surface area contributed by atoms with Crippen LogP contribution in [-0.4, -0.2) is 62.9 Å². The van der Waals surface area contributed by atoms with E-state index in [1.54, 1.807) is 7.11 Å². The number of ether oxygens (including phenoxy) is 2. The molecule has 0 aromatic rings. The lowest BCUT2D eigenvalue weighted by atomic mass is 10.0. The van der Waals surface area contributed by atoms with Crippen molar-refractivity contribution in [3.8, 4) is 0 Å². The van der Waals surface area contributed by atoms with E-state index in [9.17, 15) is 0 Å². The van der Waals surface area contributed by atoms with Crippen molar-refractivity contribution in [2.24, 2.45) is 0 Å². The first kappa shape index (κ1) is 29.1. The van der Waals surface area contributed by atoms with Gasteiger partial charge in [0.1, 0.15) is 0 Å². The molecule has 5 nitrogen and oxygen atoms in total. The molecule has 0 fully saturated rings. The average molecular weight is 437 g/mol. The molecule has 0 amide bonds. The Morgan fingerprint density at radius 1 is 0.793 bits per heavy atom. The number of unbranched alkanes of at least 4 members (excludes halogenated alkanes) is 3. The molecular formula is C23H50NO4S+. The van der Waals surface area contributed by atoms with Gasteiger partial charge in [0.25, 0.3) is 0 Å². The van der Waals surface area contributed by atoms with Gasteiger partial charge in [0, 0.05) is 6.61 Å². The Morgan fingerprint density at radius 3 is 2.07 bits per heavy atom. The van der Waals surface area contributed by atoms with Gasteiger partial charge in [-0.15, -0.1) is 0 Å². The van der Waals surface area contributed by atoms with Gasteiger partial charge in [0.15, 0.2) is 18.1 Å². The fourth-order valence-electron chi connectivity index (χ4n) is 3.89. The van der Waals surface area contributed by atoms with Gasteiger partial charge >= 0.3 is 0 Å². The summed E-state index contributed by atoms with van der Waals surface area (Å²) in [6.07, 6.45) is 9.18. The van der Waals surface area contributed by atoms with E-state index in [1.165, 1.54) is 49.8 Å². The summed E-state index contributed by atoms with van der Waals surface area (Å²) in [6.45, 7) is 18.2. The maximum absolute atomic E-state index is 6.37. The Labute approximate surface area is 186 Å². The van der Waals surface area contributed by atoms with Crippen LogP contribution in [0.15, 0.2) is 0 Å². The predicted molar refractivity (Wildman–Crippen MR) is 125 cm³/mol. The second-order valence-electron chi connectivity index (χ2n) is 9.47. The van der Waals surface area contributed by atoms with Crippen LogP contribution in [-0.2, 0) is 17.8 Å². The summed E-state index contributed by atoms with van der Waals surface area (Å²) in [7, 11) is 4.02. The third-order valence-electron chi connectivity index (χ3n) is 5.25. The molecule has 0 heterocycles. The first-order valence-corrected chi connectivity index (χ1v) is 12.3. The quantitative estimate of drug-likeness (QED) is 0.0959. The highest BCUT2D eigenvalue weighted by molar-refractivity contribution is 7.89. The van der Waals surface area contributed by atoms with Crippen LogP contribution in [0.25, 0.3) is 0 Å². The van der Waals surface area contributed by atoms with Gasteiger partial charge in [-0.05, 0) is 72.6 Å². The van der Waals surface area contributed by atoms with Gasteiger partial charge in [0.05, 0.1) is 46.0 Å². The predicted octanol–water partition coefficient (Wildman–Crippen LogP) is 6.37. The van der Waals surface area contributed by atoms with E-state index < -0.39 is 5.79 Å². The van der Waals surface area contributed by atoms with Crippen molar-refractivity contribution in [1.82, 2.24) is 0 Å². The van der Waals surface area contributed by atoms with Gasteiger partial charge in [-0.2, -0.15) is 0 Å². The van der Waals surface area contributed by atoms with Crippen molar-refractivity contribution in [3.05, 3.63) is 0 Å². The molecule has 176 valence electrons.